The highest BCUT2D eigenvalue weighted by atomic mass is 19.1. The first-order chi connectivity index (χ1) is 14.6. The van der Waals surface area contributed by atoms with Crippen LogP contribution in [0, 0.1) is 5.82 Å². The van der Waals surface area contributed by atoms with Gasteiger partial charge in [-0.15, -0.1) is 0 Å². The van der Waals surface area contributed by atoms with Crippen LogP contribution in [-0.4, -0.2) is 64.9 Å². The average Bonchev–Trinajstić information content (AvgIpc) is 2.76. The molecule has 7 heteroatoms. The predicted octanol–water partition coefficient (Wildman–Crippen LogP) is 2.69. The van der Waals surface area contributed by atoms with Crippen LogP contribution >= 0.6 is 0 Å². The maximum absolute atomic E-state index is 13.0. The maximum Gasteiger partial charge on any atom is 0.191 e. The molecule has 6 nitrogen and oxygen atoms in total. The van der Waals surface area contributed by atoms with Crippen LogP contribution in [0.15, 0.2) is 53.5 Å². The molecule has 164 valence electrons. The lowest BCUT2D eigenvalue weighted by molar-refractivity contribution is 0.150. The molecule has 0 radical (unpaired) electrons. The molecule has 2 aromatic rings. The first kappa shape index (κ1) is 23.6. The fraction of sp³-hybridized carbons (Fsp3) is 0.435. The molecule has 0 aliphatic rings. The highest BCUT2D eigenvalue weighted by molar-refractivity contribution is 5.79. The second kappa shape index (κ2) is 13.6. The third-order valence-corrected chi connectivity index (χ3v) is 4.62. The van der Waals surface area contributed by atoms with Crippen LogP contribution in [0.3, 0.4) is 0 Å². The van der Waals surface area contributed by atoms with Gasteiger partial charge in [-0.2, -0.15) is 0 Å². The molecule has 0 aliphatic carbocycles. The van der Waals surface area contributed by atoms with Gasteiger partial charge in [-0.1, -0.05) is 24.3 Å². The minimum Gasteiger partial charge on any atom is -0.492 e. The number of benzene rings is 2. The van der Waals surface area contributed by atoms with Crippen molar-refractivity contribution < 1.29 is 13.9 Å². The van der Waals surface area contributed by atoms with Crippen LogP contribution in [0.2, 0.25) is 0 Å². The van der Waals surface area contributed by atoms with Gasteiger partial charge in [0.05, 0.1) is 6.61 Å². The van der Waals surface area contributed by atoms with Crippen molar-refractivity contribution in [3.63, 3.8) is 0 Å². The molecular formula is C23H33FN4O2. The fourth-order valence-corrected chi connectivity index (χ4v) is 2.81. The van der Waals surface area contributed by atoms with E-state index in [2.05, 4.69) is 33.6 Å². The summed E-state index contributed by atoms with van der Waals surface area (Å²) >= 11 is 0. The largest absolute Gasteiger partial charge is 0.492 e. The topological polar surface area (TPSA) is 58.1 Å². The van der Waals surface area contributed by atoms with Gasteiger partial charge in [-0.3, -0.25) is 4.99 Å². The second-order valence-electron chi connectivity index (χ2n) is 7.02. The van der Waals surface area contributed by atoms with Gasteiger partial charge in [0.2, 0.25) is 0 Å². The quantitative estimate of drug-likeness (QED) is 0.412. The Bertz CT molecular complexity index is 768. The zero-order valence-electron chi connectivity index (χ0n) is 18.2. The number of hydrogen-bond acceptors (Lipinski definition) is 4. The van der Waals surface area contributed by atoms with Crippen LogP contribution in [0.1, 0.15) is 11.1 Å². The fourth-order valence-electron chi connectivity index (χ4n) is 2.81. The molecule has 0 saturated carbocycles. The number of methoxy groups -OCH3 is 1. The van der Waals surface area contributed by atoms with E-state index in [0.29, 0.717) is 19.7 Å². The van der Waals surface area contributed by atoms with Crippen molar-refractivity contribution in [1.82, 2.24) is 15.5 Å². The standard InChI is InChI=1S/C23H33FN4O2/c1-25-23(26-12-11-19-7-9-21(24)10-8-19)27-18-20-5-4-6-22(17-20)30-16-14-28(2)13-15-29-3/h4-10,17H,11-16,18H2,1-3H3,(H2,25,26,27). The summed E-state index contributed by atoms with van der Waals surface area (Å²) < 4.78 is 23.9. The Morgan fingerprint density at radius 2 is 1.80 bits per heavy atom. The molecule has 0 unspecified atom stereocenters. The summed E-state index contributed by atoms with van der Waals surface area (Å²) in [5.74, 6) is 1.37. The Balaban J connectivity index is 1.71. The van der Waals surface area contributed by atoms with E-state index < -0.39 is 0 Å². The summed E-state index contributed by atoms with van der Waals surface area (Å²) in [6, 6.07) is 14.6. The minimum absolute atomic E-state index is 0.214. The van der Waals surface area contributed by atoms with Gasteiger partial charge >= 0.3 is 0 Å². The van der Waals surface area contributed by atoms with Crippen LogP contribution in [-0.2, 0) is 17.7 Å². The lowest BCUT2D eigenvalue weighted by Crippen LogP contribution is -2.37. The van der Waals surface area contributed by atoms with Crippen LogP contribution < -0.4 is 15.4 Å². The molecule has 0 amide bonds. The molecule has 0 bridgehead atoms. The predicted molar refractivity (Wildman–Crippen MR) is 120 cm³/mol. The molecule has 2 rings (SSSR count). The smallest absolute Gasteiger partial charge is 0.191 e. The SMILES string of the molecule is CN=C(NCCc1ccc(F)cc1)NCc1cccc(OCCN(C)CCOC)c1. The van der Waals surface area contributed by atoms with Crippen molar-refractivity contribution in [2.75, 3.05) is 54.1 Å². The number of likely N-dealkylation sites (N-methyl/N-ethyl adjacent to an activating group) is 1. The van der Waals surface area contributed by atoms with E-state index in [1.54, 1.807) is 26.3 Å². The lowest BCUT2D eigenvalue weighted by Gasteiger charge is -2.16. The third-order valence-electron chi connectivity index (χ3n) is 4.62. The van der Waals surface area contributed by atoms with E-state index in [-0.39, 0.29) is 5.82 Å². The van der Waals surface area contributed by atoms with Crippen molar-refractivity contribution in [2.45, 2.75) is 13.0 Å². The van der Waals surface area contributed by atoms with E-state index in [4.69, 9.17) is 9.47 Å². The Labute approximate surface area is 179 Å². The van der Waals surface area contributed by atoms with Gasteiger partial charge in [0.25, 0.3) is 0 Å². The molecule has 0 aromatic heterocycles. The number of rotatable bonds is 12. The number of halogens is 1. The van der Waals surface area contributed by atoms with Gasteiger partial charge in [-0.05, 0) is 48.9 Å². The number of ether oxygens (including phenoxy) is 2. The Morgan fingerprint density at radius 1 is 1.03 bits per heavy atom. The molecule has 0 fully saturated rings. The lowest BCUT2D eigenvalue weighted by atomic mass is 10.1. The van der Waals surface area contributed by atoms with E-state index in [1.807, 2.05) is 18.2 Å². The highest BCUT2D eigenvalue weighted by Gasteiger charge is 2.02. The molecule has 2 aromatic carbocycles. The normalized spacial score (nSPS) is 11.6. The van der Waals surface area contributed by atoms with Gasteiger partial charge < -0.3 is 25.0 Å². The molecule has 0 saturated heterocycles. The number of nitrogens with one attached hydrogen (secondary N) is 2. The Kier molecular flexibility index (Phi) is 10.7. The van der Waals surface area contributed by atoms with Crippen LogP contribution in [0.4, 0.5) is 4.39 Å². The molecule has 2 N–H and O–H groups in total. The van der Waals surface area contributed by atoms with Crippen molar-refractivity contribution in [1.29, 1.82) is 0 Å². The Hall–Kier alpha value is -2.64. The van der Waals surface area contributed by atoms with Crippen molar-refractivity contribution in [3.05, 3.63) is 65.5 Å². The van der Waals surface area contributed by atoms with Crippen LogP contribution in [0.25, 0.3) is 0 Å². The van der Waals surface area contributed by atoms with Crippen molar-refractivity contribution in [2.24, 2.45) is 4.99 Å². The number of guanidine groups is 1. The van der Waals surface area contributed by atoms with Crippen molar-refractivity contribution in [3.8, 4) is 5.75 Å². The summed E-state index contributed by atoms with van der Waals surface area (Å²) in [7, 11) is 5.50. The summed E-state index contributed by atoms with van der Waals surface area (Å²) in [5.41, 5.74) is 2.19. The highest BCUT2D eigenvalue weighted by Crippen LogP contribution is 2.13. The first-order valence-corrected chi connectivity index (χ1v) is 10.2. The monoisotopic (exact) mass is 416 g/mol. The second-order valence-corrected chi connectivity index (χ2v) is 7.02. The number of hydrogen-bond donors (Lipinski definition) is 2. The molecular weight excluding hydrogens is 383 g/mol. The average molecular weight is 417 g/mol. The summed E-state index contributed by atoms with van der Waals surface area (Å²) in [4.78, 5) is 6.43. The van der Waals surface area contributed by atoms with Gasteiger partial charge in [0.1, 0.15) is 18.2 Å². The molecule has 30 heavy (non-hydrogen) atoms. The van der Waals surface area contributed by atoms with Gasteiger partial charge in [0, 0.05) is 40.3 Å². The van der Waals surface area contributed by atoms with Gasteiger partial charge in [0.15, 0.2) is 5.96 Å². The molecule has 0 atom stereocenters. The zero-order chi connectivity index (χ0) is 21.6. The van der Waals surface area contributed by atoms with E-state index in [1.165, 1.54) is 12.1 Å². The summed E-state index contributed by atoms with van der Waals surface area (Å²) in [6.07, 6.45) is 0.795. The Morgan fingerprint density at radius 3 is 2.53 bits per heavy atom. The number of nitrogens with zero attached hydrogens (tertiary/aromatic N) is 2. The van der Waals surface area contributed by atoms with Gasteiger partial charge in [-0.25, -0.2) is 4.39 Å². The molecule has 0 heterocycles. The molecule has 0 spiro atoms. The maximum atomic E-state index is 13.0. The summed E-state index contributed by atoms with van der Waals surface area (Å²) in [5, 5.41) is 6.59. The van der Waals surface area contributed by atoms with E-state index in [0.717, 1.165) is 49.0 Å². The number of aliphatic imine (C=N–C) groups is 1. The molecule has 0 aliphatic heterocycles. The third kappa shape index (κ3) is 9.24. The zero-order valence-corrected chi connectivity index (χ0v) is 18.2. The van der Waals surface area contributed by atoms with E-state index >= 15 is 0 Å². The van der Waals surface area contributed by atoms with Crippen molar-refractivity contribution >= 4 is 5.96 Å². The summed E-state index contributed by atoms with van der Waals surface area (Å²) in [6.45, 7) is 4.43. The van der Waals surface area contributed by atoms with E-state index in [9.17, 15) is 4.39 Å². The first-order valence-electron chi connectivity index (χ1n) is 10.2. The van der Waals surface area contributed by atoms with Crippen LogP contribution in [0.5, 0.6) is 5.75 Å². The minimum atomic E-state index is -0.214.